The number of para-hydroxylation sites is 2. The van der Waals surface area contributed by atoms with Crippen molar-refractivity contribution in [1.29, 1.82) is 0 Å². The van der Waals surface area contributed by atoms with Crippen molar-refractivity contribution in [2.75, 3.05) is 9.80 Å². The molecule has 0 N–H and O–H groups in total. The Morgan fingerprint density at radius 2 is 0.565 bits per heavy atom. The Morgan fingerprint density at radius 1 is 0.202 bits per heavy atom. The Labute approximate surface area is 727 Å². The van der Waals surface area contributed by atoms with E-state index in [9.17, 15) is 0 Å². The standard InChI is InChI=1S/C120H84N2OS/c1-119(2)108-72-89(85-55-51-83(52-56-85)81-47-43-79(44-48-81)77-25-9-5-10-26-77)60-65-99(108)101-67-62-95(75-110(101)119)121(112-39-20-17-35-97(112)87-29-13-7-14-30-87)94-34-23-33-92(69-94)106-70-93(71-107-103-36-18-21-41-115(103)123-117(106)107)91-59-64-98(88-31-15-8-16-32-88)114(74-91)122(113-40-24-38-105-104-37-19-22-42-116(104)124-118(105)113)96-63-68-102-100-66-61-90(73-109(100)120(3,4)111(102)76-96)86-57-53-84(54-58-86)82-49-45-80(46-50-82)78-27-11-6-12-28-78/h5-76H,1-4H3. The molecule has 0 radical (unpaired) electrons. The van der Waals surface area contributed by atoms with Crippen molar-refractivity contribution in [2.45, 2.75) is 38.5 Å². The topological polar surface area (TPSA) is 19.6 Å². The average Bonchev–Trinajstić information content (AvgIpc) is 1.55. The lowest BCUT2D eigenvalue weighted by molar-refractivity contribution is 0.660. The first-order chi connectivity index (χ1) is 60.9. The summed E-state index contributed by atoms with van der Waals surface area (Å²) in [6, 6.07) is 162. The van der Waals surface area contributed by atoms with E-state index in [1.165, 1.54) is 131 Å². The number of anilines is 6. The predicted molar refractivity (Wildman–Crippen MR) is 525 cm³/mol. The van der Waals surface area contributed by atoms with Crippen molar-refractivity contribution in [3.05, 3.63) is 459 Å². The van der Waals surface area contributed by atoms with E-state index in [1.54, 1.807) is 0 Å². The fourth-order valence-corrected chi connectivity index (χ4v) is 21.0. The smallest absolute Gasteiger partial charge is 0.143 e. The zero-order valence-electron chi connectivity index (χ0n) is 69.3. The molecule has 2 aliphatic rings. The van der Waals surface area contributed by atoms with Gasteiger partial charge in [0.15, 0.2) is 0 Å². The Balaban J connectivity index is 0.637. The zero-order valence-corrected chi connectivity index (χ0v) is 70.1. The molecule has 19 aromatic carbocycles. The van der Waals surface area contributed by atoms with Crippen LogP contribution in [0, 0.1) is 0 Å². The van der Waals surface area contributed by atoms with Crippen LogP contribution in [0.1, 0.15) is 49.9 Å². The molecular formula is C120H84N2OS. The van der Waals surface area contributed by atoms with Crippen molar-refractivity contribution >= 4 is 87.6 Å². The lowest BCUT2D eigenvalue weighted by Gasteiger charge is -2.31. The molecule has 23 rings (SSSR count). The monoisotopic (exact) mass is 1600 g/mol. The Bertz CT molecular complexity index is 7730. The van der Waals surface area contributed by atoms with E-state index in [2.05, 4.69) is 474 Å². The Hall–Kier alpha value is -15.2. The SMILES string of the molecule is CC1(C)c2cc(-c3ccc(-c4ccc(-c5ccccc5)cc4)cc3)ccc2-c2ccc(N(c3cccc(-c4cc(-c5ccc(-c6ccccc6)c(N(c6ccc7c(c6)C(C)(C)c6cc(-c8ccc(-c9ccc(-c%10ccccc%10)cc9)cc8)ccc6-7)c6cccc7c6sc6ccccc67)c5)cc5c4oc4ccccc45)c3)c3ccccc3-c3ccccc3)cc21. The van der Waals surface area contributed by atoms with Crippen LogP contribution in [0.5, 0.6) is 0 Å². The molecular weight excluding hydrogens is 1520 g/mol. The summed E-state index contributed by atoms with van der Waals surface area (Å²) in [6.07, 6.45) is 0. The maximum atomic E-state index is 7.19. The highest BCUT2D eigenvalue weighted by molar-refractivity contribution is 7.26. The number of furan rings is 1. The highest BCUT2D eigenvalue weighted by Gasteiger charge is 2.39. The fraction of sp³-hybridized carbons (Fsp3) is 0.0500. The molecule has 21 aromatic rings. The molecule has 0 amide bonds. The van der Waals surface area contributed by atoms with Crippen LogP contribution in [0.2, 0.25) is 0 Å². The normalized spacial score (nSPS) is 12.8. The van der Waals surface area contributed by atoms with Crippen molar-refractivity contribution in [3.8, 4) is 134 Å². The number of nitrogens with zero attached hydrogens (tertiary/aromatic N) is 2. The summed E-state index contributed by atoms with van der Waals surface area (Å²) >= 11 is 1.87. The molecule has 586 valence electrons. The molecule has 0 fully saturated rings. The summed E-state index contributed by atoms with van der Waals surface area (Å²) in [7, 11) is 0. The van der Waals surface area contributed by atoms with Gasteiger partial charge in [0.1, 0.15) is 11.2 Å². The molecule has 4 heteroatoms. The van der Waals surface area contributed by atoms with Crippen molar-refractivity contribution in [2.24, 2.45) is 0 Å². The van der Waals surface area contributed by atoms with Gasteiger partial charge in [-0.25, -0.2) is 0 Å². The summed E-state index contributed by atoms with van der Waals surface area (Å²) in [5, 5.41) is 4.61. The molecule has 0 saturated heterocycles. The number of benzene rings is 19. The summed E-state index contributed by atoms with van der Waals surface area (Å²) in [4.78, 5) is 5.06. The average molecular weight is 1600 g/mol. The van der Waals surface area contributed by atoms with Crippen LogP contribution in [0.25, 0.3) is 176 Å². The molecule has 0 bridgehead atoms. The second-order valence-electron chi connectivity index (χ2n) is 34.2. The van der Waals surface area contributed by atoms with Gasteiger partial charge >= 0.3 is 0 Å². The summed E-state index contributed by atoms with van der Waals surface area (Å²) in [5.74, 6) is 0. The van der Waals surface area contributed by atoms with Gasteiger partial charge in [-0.2, -0.15) is 0 Å². The van der Waals surface area contributed by atoms with Crippen LogP contribution < -0.4 is 9.80 Å². The van der Waals surface area contributed by atoms with E-state index in [0.29, 0.717) is 0 Å². The third-order valence-electron chi connectivity index (χ3n) is 26.3. The summed E-state index contributed by atoms with van der Waals surface area (Å²) in [5.41, 5.74) is 41.0. The minimum absolute atomic E-state index is 0.330. The molecule has 2 heterocycles. The van der Waals surface area contributed by atoms with Gasteiger partial charge in [0.25, 0.3) is 0 Å². The first-order valence-corrected chi connectivity index (χ1v) is 43.8. The summed E-state index contributed by atoms with van der Waals surface area (Å²) < 4.78 is 9.68. The van der Waals surface area contributed by atoms with Gasteiger partial charge in [0.2, 0.25) is 0 Å². The molecule has 0 saturated carbocycles. The third kappa shape index (κ3) is 12.7. The van der Waals surface area contributed by atoms with E-state index in [0.717, 1.165) is 101 Å². The molecule has 2 aliphatic carbocycles. The van der Waals surface area contributed by atoms with Gasteiger partial charge in [-0.05, 0) is 230 Å². The van der Waals surface area contributed by atoms with Gasteiger partial charge in [0.05, 0.1) is 21.8 Å². The van der Waals surface area contributed by atoms with E-state index in [4.69, 9.17) is 4.42 Å². The molecule has 2 aromatic heterocycles. The third-order valence-corrected chi connectivity index (χ3v) is 27.5. The zero-order chi connectivity index (χ0) is 82.7. The maximum absolute atomic E-state index is 7.19. The largest absolute Gasteiger partial charge is 0.455 e. The first kappa shape index (κ1) is 73.9. The number of rotatable bonds is 16. The van der Waals surface area contributed by atoms with Crippen LogP contribution in [-0.2, 0) is 10.8 Å². The van der Waals surface area contributed by atoms with Gasteiger partial charge in [-0.3, -0.25) is 0 Å². The molecule has 0 aliphatic heterocycles. The minimum Gasteiger partial charge on any atom is -0.455 e. The second-order valence-corrected chi connectivity index (χ2v) is 35.3. The van der Waals surface area contributed by atoms with Crippen molar-refractivity contribution in [1.82, 2.24) is 0 Å². The van der Waals surface area contributed by atoms with Gasteiger partial charge in [-0.1, -0.05) is 373 Å². The Kier molecular flexibility index (Phi) is 17.8. The number of fused-ring (bicyclic) bond motifs is 12. The first-order valence-electron chi connectivity index (χ1n) is 43.0. The quantitative estimate of drug-likeness (QED) is 0.0961. The van der Waals surface area contributed by atoms with Gasteiger partial charge in [0, 0.05) is 70.8 Å². The van der Waals surface area contributed by atoms with Crippen LogP contribution in [0.15, 0.2) is 441 Å². The van der Waals surface area contributed by atoms with E-state index in [-0.39, 0.29) is 10.8 Å². The van der Waals surface area contributed by atoms with Gasteiger partial charge in [-0.15, -0.1) is 11.3 Å². The maximum Gasteiger partial charge on any atom is 0.143 e. The minimum atomic E-state index is -0.348. The lowest BCUT2D eigenvalue weighted by atomic mass is 9.81. The number of thiophene rings is 1. The molecule has 3 nitrogen and oxygen atoms in total. The fourth-order valence-electron chi connectivity index (χ4n) is 19.8. The predicted octanol–water partition coefficient (Wildman–Crippen LogP) is 34.2. The van der Waals surface area contributed by atoms with Crippen molar-refractivity contribution < 1.29 is 4.42 Å². The van der Waals surface area contributed by atoms with Crippen LogP contribution in [0.4, 0.5) is 34.1 Å². The second kappa shape index (κ2) is 29.9. The van der Waals surface area contributed by atoms with E-state index < -0.39 is 0 Å². The molecule has 0 unspecified atom stereocenters. The molecule has 0 atom stereocenters. The number of hydrogen-bond donors (Lipinski definition) is 0. The lowest BCUT2D eigenvalue weighted by Crippen LogP contribution is -2.17. The highest BCUT2D eigenvalue weighted by atomic mass is 32.1. The van der Waals surface area contributed by atoms with Crippen LogP contribution >= 0.6 is 11.3 Å². The van der Waals surface area contributed by atoms with Gasteiger partial charge < -0.3 is 14.2 Å². The number of hydrogen-bond acceptors (Lipinski definition) is 4. The van der Waals surface area contributed by atoms with Crippen LogP contribution in [0.3, 0.4) is 0 Å². The van der Waals surface area contributed by atoms with E-state index in [1.807, 2.05) is 11.3 Å². The van der Waals surface area contributed by atoms with Crippen LogP contribution in [-0.4, -0.2) is 0 Å². The summed E-state index contributed by atoms with van der Waals surface area (Å²) in [6.45, 7) is 9.64. The Morgan fingerprint density at radius 3 is 1.10 bits per heavy atom. The molecule has 124 heavy (non-hydrogen) atoms. The molecule has 0 spiro atoms. The highest BCUT2D eigenvalue weighted by Crippen LogP contribution is 2.57. The van der Waals surface area contributed by atoms with E-state index >= 15 is 0 Å². The van der Waals surface area contributed by atoms with Crippen molar-refractivity contribution in [3.63, 3.8) is 0 Å².